The number of alkyl halides is 2. The Balaban J connectivity index is 1.94. The van der Waals surface area contributed by atoms with Crippen molar-refractivity contribution in [3.63, 3.8) is 0 Å². The molecule has 0 atom stereocenters. The molecule has 2 rings (SSSR count). The second kappa shape index (κ2) is 5.48. The lowest BCUT2D eigenvalue weighted by Crippen LogP contribution is -2.39. The van der Waals surface area contributed by atoms with Gasteiger partial charge in [-0.25, -0.2) is 18.6 Å². The number of hydrogen-bond acceptors (Lipinski definition) is 3. The van der Waals surface area contributed by atoms with Crippen molar-refractivity contribution in [2.45, 2.75) is 25.3 Å². The lowest BCUT2D eigenvalue weighted by atomic mass is 10.1. The summed E-state index contributed by atoms with van der Waals surface area (Å²) >= 11 is 0. The molecular formula is C12H15F2N3O2. The van der Waals surface area contributed by atoms with E-state index in [1.54, 1.807) is 18.2 Å². The Bertz CT molecular complexity index is 458. The van der Waals surface area contributed by atoms with Crippen molar-refractivity contribution in [1.29, 1.82) is 0 Å². The second-order valence-electron chi connectivity index (χ2n) is 4.58. The van der Waals surface area contributed by atoms with Gasteiger partial charge in [0, 0.05) is 32.5 Å². The number of amides is 1. The maximum atomic E-state index is 13.0. The zero-order valence-electron chi connectivity index (χ0n) is 10.3. The highest BCUT2D eigenvalue weighted by atomic mass is 19.3. The molecule has 0 saturated carbocycles. The molecule has 1 aliphatic heterocycles. The van der Waals surface area contributed by atoms with Gasteiger partial charge in [-0.3, -0.25) is 10.2 Å². The Morgan fingerprint density at radius 1 is 1.42 bits per heavy atom. The largest absolute Gasteiger partial charge is 0.465 e. The molecule has 7 heteroatoms. The fourth-order valence-corrected chi connectivity index (χ4v) is 2.01. The van der Waals surface area contributed by atoms with Crippen LogP contribution in [0.5, 0.6) is 0 Å². The van der Waals surface area contributed by atoms with E-state index >= 15 is 0 Å². The Kier molecular flexibility index (Phi) is 3.94. The molecule has 0 radical (unpaired) electrons. The van der Waals surface area contributed by atoms with E-state index in [4.69, 9.17) is 5.11 Å². The summed E-state index contributed by atoms with van der Waals surface area (Å²) in [7, 11) is 0. The van der Waals surface area contributed by atoms with Crippen molar-refractivity contribution in [2.75, 3.05) is 18.4 Å². The van der Waals surface area contributed by atoms with Crippen molar-refractivity contribution < 1.29 is 18.7 Å². The van der Waals surface area contributed by atoms with Gasteiger partial charge in [0.1, 0.15) is 5.82 Å². The average molecular weight is 271 g/mol. The topological polar surface area (TPSA) is 65.5 Å². The predicted octanol–water partition coefficient (Wildman–Crippen LogP) is 2.40. The number of likely N-dealkylation sites (tertiary alicyclic amines) is 1. The third-order valence-corrected chi connectivity index (χ3v) is 3.01. The Morgan fingerprint density at radius 3 is 2.74 bits per heavy atom. The summed E-state index contributed by atoms with van der Waals surface area (Å²) in [4.78, 5) is 16.5. The van der Waals surface area contributed by atoms with Crippen LogP contribution in [0, 0.1) is 0 Å². The highest BCUT2D eigenvalue weighted by Crippen LogP contribution is 2.28. The lowest BCUT2D eigenvalue weighted by molar-refractivity contribution is -0.0568. The number of piperidine rings is 1. The molecule has 1 aromatic rings. The number of rotatable bonds is 3. The minimum atomic E-state index is -2.56. The fraction of sp³-hybridized carbons (Fsp3) is 0.500. The third kappa shape index (κ3) is 4.13. The molecule has 1 aromatic heterocycles. The summed E-state index contributed by atoms with van der Waals surface area (Å²) in [5, 5.41) is 10.8. The summed E-state index contributed by atoms with van der Waals surface area (Å²) in [5.41, 5.74) is 0.663. The summed E-state index contributed by atoms with van der Waals surface area (Å²) in [6.07, 6.45) is -1.46. The first-order chi connectivity index (χ1) is 8.94. The number of halogens is 2. The molecule has 0 unspecified atom stereocenters. The van der Waals surface area contributed by atoms with E-state index in [9.17, 15) is 13.6 Å². The van der Waals surface area contributed by atoms with Crippen LogP contribution in [0.3, 0.4) is 0 Å². The number of nitrogens with one attached hydrogen (secondary N) is 1. The van der Waals surface area contributed by atoms with Crippen LogP contribution in [0.1, 0.15) is 18.5 Å². The van der Waals surface area contributed by atoms with Crippen LogP contribution in [-0.2, 0) is 6.54 Å². The van der Waals surface area contributed by atoms with E-state index in [0.29, 0.717) is 25.3 Å². The monoisotopic (exact) mass is 271 g/mol. The molecule has 104 valence electrons. The number of carbonyl (C=O) groups is 1. The Morgan fingerprint density at radius 2 is 2.11 bits per heavy atom. The van der Waals surface area contributed by atoms with E-state index in [2.05, 4.69) is 10.3 Å². The van der Waals surface area contributed by atoms with E-state index in [0.717, 1.165) is 0 Å². The minimum absolute atomic E-state index is 0.139. The first-order valence-electron chi connectivity index (χ1n) is 6.01. The molecule has 0 aliphatic carbocycles. The van der Waals surface area contributed by atoms with Gasteiger partial charge in [-0.2, -0.15) is 0 Å². The molecule has 1 amide bonds. The number of pyridine rings is 1. The van der Waals surface area contributed by atoms with Gasteiger partial charge in [-0.15, -0.1) is 0 Å². The second-order valence-corrected chi connectivity index (χ2v) is 4.58. The maximum Gasteiger partial charge on any atom is 0.410 e. The van der Waals surface area contributed by atoms with Gasteiger partial charge in [-0.1, -0.05) is 6.07 Å². The average Bonchev–Trinajstić information content (AvgIpc) is 2.32. The highest BCUT2D eigenvalue weighted by Gasteiger charge is 2.33. The van der Waals surface area contributed by atoms with Crippen LogP contribution >= 0.6 is 0 Å². The predicted molar refractivity (Wildman–Crippen MR) is 65.3 cm³/mol. The smallest absolute Gasteiger partial charge is 0.410 e. The molecule has 1 fully saturated rings. The summed E-state index contributed by atoms with van der Waals surface area (Å²) in [5.74, 6) is -2.32. The van der Waals surface area contributed by atoms with Crippen LogP contribution < -0.4 is 5.32 Å². The SMILES string of the molecule is O=C(O)Nc1cccc(CN2CCC(F)(F)CC2)n1. The molecule has 0 aromatic carbocycles. The standard InChI is InChI=1S/C12H15F2N3O2/c13-12(14)4-6-17(7-5-12)8-9-2-1-3-10(15-9)16-11(18)19/h1-3H,4-8H2,(H,15,16)(H,18,19). The first kappa shape index (κ1) is 13.7. The number of nitrogens with zero attached hydrogens (tertiary/aromatic N) is 2. The van der Waals surface area contributed by atoms with Crippen LogP contribution in [0.4, 0.5) is 19.4 Å². The van der Waals surface area contributed by atoms with Gasteiger partial charge in [0.05, 0.1) is 5.69 Å². The Hall–Kier alpha value is -1.76. The van der Waals surface area contributed by atoms with Gasteiger partial charge in [-0.05, 0) is 12.1 Å². The van der Waals surface area contributed by atoms with Crippen molar-refractivity contribution in [3.8, 4) is 0 Å². The maximum absolute atomic E-state index is 13.0. The van der Waals surface area contributed by atoms with Crippen LogP contribution in [0.15, 0.2) is 18.2 Å². The minimum Gasteiger partial charge on any atom is -0.465 e. The van der Waals surface area contributed by atoms with Gasteiger partial charge in [0.2, 0.25) is 0 Å². The molecule has 0 bridgehead atoms. The molecule has 0 spiro atoms. The summed E-state index contributed by atoms with van der Waals surface area (Å²) in [6, 6.07) is 4.98. The lowest BCUT2D eigenvalue weighted by Gasteiger charge is -2.31. The van der Waals surface area contributed by atoms with Crippen LogP contribution in [0.2, 0.25) is 0 Å². The van der Waals surface area contributed by atoms with Crippen molar-refractivity contribution in [3.05, 3.63) is 23.9 Å². The van der Waals surface area contributed by atoms with Crippen LogP contribution in [0.25, 0.3) is 0 Å². The summed E-state index contributed by atoms with van der Waals surface area (Å²) < 4.78 is 26.0. The Labute approximate surface area is 109 Å². The van der Waals surface area contributed by atoms with E-state index in [-0.39, 0.29) is 18.7 Å². The van der Waals surface area contributed by atoms with Gasteiger partial charge in [0.15, 0.2) is 0 Å². The normalized spacial score (nSPS) is 19.1. The quantitative estimate of drug-likeness (QED) is 0.886. The molecule has 19 heavy (non-hydrogen) atoms. The number of aromatic nitrogens is 1. The molecule has 2 heterocycles. The van der Waals surface area contributed by atoms with Crippen molar-refractivity contribution >= 4 is 11.9 Å². The molecular weight excluding hydrogens is 256 g/mol. The molecule has 1 saturated heterocycles. The zero-order valence-corrected chi connectivity index (χ0v) is 10.3. The van der Waals surface area contributed by atoms with Gasteiger partial charge >= 0.3 is 6.09 Å². The van der Waals surface area contributed by atoms with Crippen molar-refractivity contribution in [1.82, 2.24) is 9.88 Å². The van der Waals surface area contributed by atoms with Gasteiger partial charge < -0.3 is 5.11 Å². The molecule has 5 nitrogen and oxygen atoms in total. The van der Waals surface area contributed by atoms with Gasteiger partial charge in [0.25, 0.3) is 5.92 Å². The molecule has 1 aliphatic rings. The fourth-order valence-electron chi connectivity index (χ4n) is 2.01. The third-order valence-electron chi connectivity index (χ3n) is 3.01. The number of anilines is 1. The van der Waals surface area contributed by atoms with Crippen LogP contribution in [-0.4, -0.2) is 40.1 Å². The summed E-state index contributed by atoms with van der Waals surface area (Å²) in [6.45, 7) is 1.10. The van der Waals surface area contributed by atoms with E-state index in [1.807, 2.05) is 4.90 Å². The highest BCUT2D eigenvalue weighted by molar-refractivity contribution is 5.81. The molecule has 2 N–H and O–H groups in total. The number of hydrogen-bond donors (Lipinski definition) is 2. The van der Waals surface area contributed by atoms with Crippen molar-refractivity contribution in [2.24, 2.45) is 0 Å². The zero-order chi connectivity index (χ0) is 13.9. The first-order valence-corrected chi connectivity index (χ1v) is 6.01. The van der Waals surface area contributed by atoms with E-state index in [1.165, 1.54) is 0 Å². The van der Waals surface area contributed by atoms with E-state index < -0.39 is 12.0 Å². The number of carboxylic acid groups (broad SMARTS) is 1.